The second-order valence-corrected chi connectivity index (χ2v) is 8.25. The quantitative estimate of drug-likeness (QED) is 0.810. The Morgan fingerprint density at radius 1 is 1.26 bits per heavy atom. The minimum Gasteiger partial charge on any atom is -0.330 e. The third kappa shape index (κ3) is 3.90. The normalized spacial score (nSPS) is 34.8. The Morgan fingerprint density at radius 3 is 2.58 bits per heavy atom. The summed E-state index contributed by atoms with van der Waals surface area (Å²) in [4.78, 5) is 2.49. The van der Waals surface area contributed by atoms with E-state index in [1.54, 1.807) is 4.31 Å². The van der Waals surface area contributed by atoms with Crippen molar-refractivity contribution >= 4 is 10.0 Å². The summed E-state index contributed by atoms with van der Waals surface area (Å²) in [5, 5.41) is 0. The van der Waals surface area contributed by atoms with E-state index in [2.05, 4.69) is 11.8 Å². The van der Waals surface area contributed by atoms with Crippen LogP contribution < -0.4 is 5.73 Å². The molecule has 0 saturated carbocycles. The van der Waals surface area contributed by atoms with Crippen molar-refractivity contribution in [2.45, 2.75) is 32.2 Å². The smallest absolute Gasteiger partial charge is 0.211 e. The van der Waals surface area contributed by atoms with Gasteiger partial charge in [-0.3, -0.25) is 0 Å². The molecule has 2 saturated heterocycles. The van der Waals surface area contributed by atoms with Crippen LogP contribution in [0.5, 0.6) is 0 Å². The van der Waals surface area contributed by atoms with Crippen molar-refractivity contribution in [3.63, 3.8) is 0 Å². The van der Waals surface area contributed by atoms with Crippen LogP contribution in [0.25, 0.3) is 0 Å². The first-order valence-corrected chi connectivity index (χ1v) is 9.14. The molecule has 2 heterocycles. The Hall–Kier alpha value is -0.170. The number of sulfonamides is 1. The van der Waals surface area contributed by atoms with Gasteiger partial charge in [-0.15, -0.1) is 0 Å². The molecule has 3 unspecified atom stereocenters. The lowest BCUT2D eigenvalue weighted by Gasteiger charge is -2.34. The lowest BCUT2D eigenvalue weighted by molar-refractivity contribution is 0.172. The first-order chi connectivity index (χ1) is 8.90. The summed E-state index contributed by atoms with van der Waals surface area (Å²) in [5.41, 5.74) is 5.76. The van der Waals surface area contributed by atoms with Crippen molar-refractivity contribution in [3.8, 4) is 0 Å². The van der Waals surface area contributed by atoms with E-state index in [1.807, 2.05) is 0 Å². The summed E-state index contributed by atoms with van der Waals surface area (Å²) in [6.45, 7) is 6.50. The Kier molecular flexibility index (Phi) is 4.87. The molecule has 0 aromatic carbocycles. The number of rotatable bonds is 4. The van der Waals surface area contributed by atoms with E-state index in [0.717, 1.165) is 32.5 Å². The van der Waals surface area contributed by atoms with Crippen LogP contribution in [0.3, 0.4) is 0 Å². The minimum atomic E-state index is -3.03. The maximum atomic E-state index is 11.6. The lowest BCUT2D eigenvalue weighted by atomic mass is 9.99. The van der Waals surface area contributed by atoms with Gasteiger partial charge in [0.15, 0.2) is 0 Å². The predicted octanol–water partition coefficient (Wildman–Crippen LogP) is 0.327. The van der Waals surface area contributed by atoms with E-state index in [0.29, 0.717) is 31.0 Å². The third-order valence-electron chi connectivity index (χ3n) is 4.57. The van der Waals surface area contributed by atoms with E-state index >= 15 is 0 Å². The molecule has 0 amide bonds. The average Bonchev–Trinajstić information content (AvgIpc) is 2.70. The predicted molar refractivity (Wildman–Crippen MR) is 77.3 cm³/mol. The fraction of sp³-hybridized carbons (Fsp3) is 1.00. The highest BCUT2D eigenvalue weighted by Crippen LogP contribution is 2.26. The SMILES string of the molecule is CC1CC(CN)CN1CC1CCCN(S(C)(=O)=O)C1. The van der Waals surface area contributed by atoms with Crippen LogP contribution in [-0.2, 0) is 10.0 Å². The van der Waals surface area contributed by atoms with Crippen molar-refractivity contribution in [2.75, 3.05) is 39.0 Å². The van der Waals surface area contributed by atoms with Gasteiger partial charge < -0.3 is 10.6 Å². The molecule has 0 bridgehead atoms. The van der Waals surface area contributed by atoms with Gasteiger partial charge in [-0.25, -0.2) is 12.7 Å². The van der Waals surface area contributed by atoms with Crippen LogP contribution in [0.1, 0.15) is 26.2 Å². The monoisotopic (exact) mass is 289 g/mol. The molecule has 0 radical (unpaired) electrons. The number of nitrogens with zero attached hydrogens (tertiary/aromatic N) is 2. The number of nitrogens with two attached hydrogens (primary N) is 1. The van der Waals surface area contributed by atoms with E-state index < -0.39 is 10.0 Å². The van der Waals surface area contributed by atoms with Gasteiger partial charge >= 0.3 is 0 Å². The summed E-state index contributed by atoms with van der Waals surface area (Å²) >= 11 is 0. The number of piperidine rings is 1. The summed E-state index contributed by atoms with van der Waals surface area (Å²) in [6.07, 6.45) is 4.63. The molecule has 0 aromatic rings. The molecule has 2 N–H and O–H groups in total. The number of likely N-dealkylation sites (tertiary alicyclic amines) is 1. The van der Waals surface area contributed by atoms with Crippen molar-refractivity contribution in [1.29, 1.82) is 0 Å². The molecule has 3 atom stereocenters. The van der Waals surface area contributed by atoms with Crippen molar-refractivity contribution in [2.24, 2.45) is 17.6 Å². The third-order valence-corrected chi connectivity index (χ3v) is 5.84. The van der Waals surface area contributed by atoms with E-state index in [4.69, 9.17) is 5.73 Å². The molecule has 112 valence electrons. The molecule has 0 aliphatic carbocycles. The van der Waals surface area contributed by atoms with Crippen molar-refractivity contribution in [3.05, 3.63) is 0 Å². The first-order valence-electron chi connectivity index (χ1n) is 7.29. The number of hydrogen-bond donors (Lipinski definition) is 1. The first kappa shape index (κ1) is 15.2. The second kappa shape index (κ2) is 6.08. The molecule has 2 fully saturated rings. The molecule has 2 rings (SSSR count). The molecule has 19 heavy (non-hydrogen) atoms. The summed E-state index contributed by atoms with van der Waals surface area (Å²) < 4.78 is 24.9. The Bertz CT molecular complexity index is 399. The van der Waals surface area contributed by atoms with Gasteiger partial charge in [0.2, 0.25) is 10.0 Å². The molecule has 6 heteroatoms. The fourth-order valence-corrected chi connectivity index (χ4v) is 4.39. The maximum Gasteiger partial charge on any atom is 0.211 e. The molecule has 2 aliphatic rings. The van der Waals surface area contributed by atoms with Crippen LogP contribution in [0.4, 0.5) is 0 Å². The van der Waals surface area contributed by atoms with Crippen LogP contribution in [0.15, 0.2) is 0 Å². The highest BCUT2D eigenvalue weighted by Gasteiger charge is 2.32. The van der Waals surface area contributed by atoms with E-state index in [1.165, 1.54) is 12.7 Å². The zero-order valence-electron chi connectivity index (χ0n) is 12.1. The molecular formula is C13H27N3O2S. The maximum absolute atomic E-state index is 11.6. The van der Waals surface area contributed by atoms with Gasteiger partial charge in [0.05, 0.1) is 6.26 Å². The zero-order valence-corrected chi connectivity index (χ0v) is 12.9. The fourth-order valence-electron chi connectivity index (χ4n) is 3.45. The summed E-state index contributed by atoms with van der Waals surface area (Å²) in [7, 11) is -3.03. The standard InChI is InChI=1S/C13H27N3O2S/c1-11-6-13(7-14)9-15(11)8-12-4-3-5-16(10-12)19(2,17)18/h11-13H,3-10,14H2,1-2H3. The van der Waals surface area contributed by atoms with Gasteiger partial charge in [0.1, 0.15) is 0 Å². The highest BCUT2D eigenvalue weighted by molar-refractivity contribution is 7.88. The highest BCUT2D eigenvalue weighted by atomic mass is 32.2. The molecule has 2 aliphatic heterocycles. The molecule has 5 nitrogen and oxygen atoms in total. The molecular weight excluding hydrogens is 262 g/mol. The van der Waals surface area contributed by atoms with Crippen LogP contribution in [0.2, 0.25) is 0 Å². The largest absolute Gasteiger partial charge is 0.330 e. The van der Waals surface area contributed by atoms with Crippen molar-refractivity contribution < 1.29 is 8.42 Å². The van der Waals surface area contributed by atoms with Crippen LogP contribution >= 0.6 is 0 Å². The van der Waals surface area contributed by atoms with Gasteiger partial charge in [-0.05, 0) is 44.6 Å². The van der Waals surface area contributed by atoms with Gasteiger partial charge in [0.25, 0.3) is 0 Å². The molecule has 0 spiro atoms. The summed E-state index contributed by atoms with van der Waals surface area (Å²) in [5.74, 6) is 1.09. The van der Waals surface area contributed by atoms with Gasteiger partial charge in [-0.2, -0.15) is 0 Å². The Morgan fingerprint density at radius 2 is 2.00 bits per heavy atom. The lowest BCUT2D eigenvalue weighted by Crippen LogP contribution is -2.44. The summed E-state index contributed by atoms with van der Waals surface area (Å²) in [6, 6.07) is 0.585. The topological polar surface area (TPSA) is 66.6 Å². The van der Waals surface area contributed by atoms with Gasteiger partial charge in [0, 0.05) is 32.2 Å². The Balaban J connectivity index is 1.89. The average molecular weight is 289 g/mol. The minimum absolute atomic E-state index is 0.474. The zero-order chi connectivity index (χ0) is 14.0. The van der Waals surface area contributed by atoms with E-state index in [9.17, 15) is 8.42 Å². The molecule has 0 aromatic heterocycles. The van der Waals surface area contributed by atoms with E-state index in [-0.39, 0.29) is 0 Å². The van der Waals surface area contributed by atoms with Crippen molar-refractivity contribution in [1.82, 2.24) is 9.21 Å². The van der Waals surface area contributed by atoms with Crippen LogP contribution in [0, 0.1) is 11.8 Å². The second-order valence-electron chi connectivity index (χ2n) is 6.27. The number of hydrogen-bond acceptors (Lipinski definition) is 4. The Labute approximate surface area is 117 Å². The van der Waals surface area contributed by atoms with Crippen LogP contribution in [-0.4, -0.2) is 62.6 Å². The van der Waals surface area contributed by atoms with Gasteiger partial charge in [-0.1, -0.05) is 0 Å².